The van der Waals surface area contributed by atoms with Crippen LogP contribution < -0.4 is 0 Å². The van der Waals surface area contributed by atoms with Crippen LogP contribution in [-0.2, 0) is 6.42 Å². The highest BCUT2D eigenvalue weighted by Crippen LogP contribution is 2.47. The van der Waals surface area contributed by atoms with Crippen LogP contribution in [0.2, 0.25) is 0 Å². The Kier molecular flexibility index (Phi) is 2.75. The summed E-state index contributed by atoms with van der Waals surface area (Å²) in [4.78, 5) is 0.276. The molecule has 17 heavy (non-hydrogen) atoms. The lowest BCUT2D eigenvalue weighted by Gasteiger charge is -2.34. The van der Waals surface area contributed by atoms with E-state index in [9.17, 15) is 4.39 Å². The standard InChI is InChI=1S/C15H12BrF/c16-15(10-5-7-12(17)8-6-10)14-9-11-3-1-2-4-13(11)14/h1-8,14-15H,9H2. The summed E-state index contributed by atoms with van der Waals surface area (Å²) >= 11 is 3.73. The van der Waals surface area contributed by atoms with Gasteiger partial charge in [-0.2, -0.15) is 0 Å². The molecular weight excluding hydrogens is 279 g/mol. The molecule has 2 aromatic rings. The maximum Gasteiger partial charge on any atom is 0.123 e. The predicted molar refractivity (Wildman–Crippen MR) is 71.0 cm³/mol. The minimum absolute atomic E-state index is 0.178. The van der Waals surface area contributed by atoms with E-state index in [1.165, 1.54) is 23.3 Å². The van der Waals surface area contributed by atoms with Gasteiger partial charge in [0.15, 0.2) is 0 Å². The van der Waals surface area contributed by atoms with E-state index in [-0.39, 0.29) is 10.6 Å². The first-order valence-electron chi connectivity index (χ1n) is 5.73. The van der Waals surface area contributed by atoms with Crippen LogP contribution in [0, 0.1) is 5.82 Å². The molecule has 2 aromatic carbocycles. The van der Waals surface area contributed by atoms with Crippen LogP contribution in [0.1, 0.15) is 27.4 Å². The second-order valence-corrected chi connectivity index (χ2v) is 5.45. The molecule has 2 atom stereocenters. The second kappa shape index (κ2) is 4.26. The molecular formula is C15H12BrF. The lowest BCUT2D eigenvalue weighted by atomic mass is 9.74. The summed E-state index contributed by atoms with van der Waals surface area (Å²) in [5, 5.41) is 0. The van der Waals surface area contributed by atoms with E-state index in [1.54, 1.807) is 0 Å². The molecule has 0 saturated carbocycles. The Bertz CT molecular complexity index is 533. The van der Waals surface area contributed by atoms with Crippen molar-refractivity contribution in [3.63, 3.8) is 0 Å². The smallest absolute Gasteiger partial charge is 0.123 e. The second-order valence-electron chi connectivity index (χ2n) is 4.46. The Morgan fingerprint density at radius 3 is 2.47 bits per heavy atom. The van der Waals surface area contributed by atoms with Crippen molar-refractivity contribution in [1.29, 1.82) is 0 Å². The fourth-order valence-corrected chi connectivity index (χ4v) is 3.21. The highest BCUT2D eigenvalue weighted by atomic mass is 79.9. The Balaban J connectivity index is 1.86. The lowest BCUT2D eigenvalue weighted by molar-refractivity contribution is 0.596. The predicted octanol–water partition coefficient (Wildman–Crippen LogP) is 4.60. The van der Waals surface area contributed by atoms with Crippen LogP contribution >= 0.6 is 15.9 Å². The number of halogens is 2. The fourth-order valence-electron chi connectivity index (χ4n) is 2.44. The molecule has 0 nitrogen and oxygen atoms in total. The van der Waals surface area contributed by atoms with E-state index < -0.39 is 0 Å². The summed E-state index contributed by atoms with van der Waals surface area (Å²) in [6.45, 7) is 0. The normalized spacial score (nSPS) is 19.3. The van der Waals surface area contributed by atoms with Crippen molar-refractivity contribution in [3.05, 3.63) is 71.0 Å². The molecule has 0 N–H and O–H groups in total. The minimum Gasteiger partial charge on any atom is -0.207 e. The number of hydrogen-bond donors (Lipinski definition) is 0. The summed E-state index contributed by atoms with van der Waals surface area (Å²) in [5.41, 5.74) is 3.99. The van der Waals surface area contributed by atoms with E-state index in [2.05, 4.69) is 40.2 Å². The third-order valence-corrected chi connectivity index (χ3v) is 4.60. The average Bonchev–Trinajstić information content (AvgIpc) is 2.31. The molecule has 0 bridgehead atoms. The van der Waals surface area contributed by atoms with Gasteiger partial charge in [0.05, 0.1) is 0 Å². The van der Waals surface area contributed by atoms with Gasteiger partial charge in [0.2, 0.25) is 0 Å². The van der Waals surface area contributed by atoms with Crippen molar-refractivity contribution < 1.29 is 4.39 Å². The number of rotatable bonds is 2. The summed E-state index contributed by atoms with van der Waals surface area (Å²) in [6, 6.07) is 15.3. The van der Waals surface area contributed by atoms with Crippen LogP contribution in [0.4, 0.5) is 4.39 Å². The van der Waals surface area contributed by atoms with E-state index in [4.69, 9.17) is 0 Å². The average molecular weight is 291 g/mol. The molecule has 0 radical (unpaired) electrons. The topological polar surface area (TPSA) is 0 Å². The highest BCUT2D eigenvalue weighted by molar-refractivity contribution is 9.09. The van der Waals surface area contributed by atoms with Crippen LogP contribution in [0.3, 0.4) is 0 Å². The fraction of sp³-hybridized carbons (Fsp3) is 0.200. The quantitative estimate of drug-likeness (QED) is 0.709. The SMILES string of the molecule is Fc1ccc(C(Br)C2Cc3ccccc32)cc1. The minimum atomic E-state index is -0.178. The van der Waals surface area contributed by atoms with Crippen molar-refractivity contribution in [2.75, 3.05) is 0 Å². The molecule has 0 aliphatic heterocycles. The first-order valence-corrected chi connectivity index (χ1v) is 6.64. The molecule has 0 spiro atoms. The molecule has 2 heteroatoms. The maximum atomic E-state index is 12.9. The zero-order chi connectivity index (χ0) is 11.8. The van der Waals surface area contributed by atoms with Crippen LogP contribution in [0.15, 0.2) is 48.5 Å². The first kappa shape index (κ1) is 11.0. The van der Waals surface area contributed by atoms with E-state index in [0.717, 1.165) is 12.0 Å². The van der Waals surface area contributed by atoms with E-state index in [0.29, 0.717) is 5.92 Å². The molecule has 0 fully saturated rings. The first-order chi connectivity index (χ1) is 8.25. The summed E-state index contributed by atoms with van der Waals surface area (Å²) in [6.07, 6.45) is 1.10. The van der Waals surface area contributed by atoms with Gasteiger partial charge in [-0.05, 0) is 35.2 Å². The number of alkyl halides is 1. The van der Waals surface area contributed by atoms with Gasteiger partial charge in [0.25, 0.3) is 0 Å². The van der Waals surface area contributed by atoms with Gasteiger partial charge < -0.3 is 0 Å². The monoisotopic (exact) mass is 290 g/mol. The van der Waals surface area contributed by atoms with Gasteiger partial charge in [0.1, 0.15) is 5.82 Å². The van der Waals surface area contributed by atoms with Gasteiger partial charge >= 0.3 is 0 Å². The van der Waals surface area contributed by atoms with Gasteiger partial charge in [-0.1, -0.05) is 52.3 Å². The van der Waals surface area contributed by atoms with E-state index in [1.807, 2.05) is 12.1 Å². The molecule has 1 aliphatic rings. The summed E-state index contributed by atoms with van der Waals surface area (Å²) in [7, 11) is 0. The largest absolute Gasteiger partial charge is 0.207 e. The van der Waals surface area contributed by atoms with Crippen molar-refractivity contribution >= 4 is 15.9 Å². The van der Waals surface area contributed by atoms with Crippen molar-refractivity contribution in [3.8, 4) is 0 Å². The zero-order valence-electron chi connectivity index (χ0n) is 9.24. The van der Waals surface area contributed by atoms with Crippen LogP contribution in [0.25, 0.3) is 0 Å². The van der Waals surface area contributed by atoms with Crippen LogP contribution in [-0.4, -0.2) is 0 Å². The van der Waals surface area contributed by atoms with Crippen molar-refractivity contribution in [1.82, 2.24) is 0 Å². The Labute approximate surface area is 109 Å². The summed E-state index contributed by atoms with van der Waals surface area (Å²) in [5.74, 6) is 0.333. The highest BCUT2D eigenvalue weighted by Gasteiger charge is 2.31. The molecule has 0 heterocycles. The third kappa shape index (κ3) is 1.91. The molecule has 0 amide bonds. The molecule has 2 unspecified atom stereocenters. The molecule has 3 rings (SSSR count). The molecule has 1 aliphatic carbocycles. The number of fused-ring (bicyclic) bond motifs is 1. The van der Waals surface area contributed by atoms with Gasteiger partial charge in [-0.3, -0.25) is 0 Å². The van der Waals surface area contributed by atoms with E-state index >= 15 is 0 Å². The molecule has 0 saturated heterocycles. The third-order valence-electron chi connectivity index (χ3n) is 3.44. The molecule has 0 aromatic heterocycles. The Morgan fingerprint density at radius 2 is 1.76 bits per heavy atom. The maximum absolute atomic E-state index is 12.9. The van der Waals surface area contributed by atoms with Crippen molar-refractivity contribution in [2.24, 2.45) is 0 Å². The van der Waals surface area contributed by atoms with Crippen LogP contribution in [0.5, 0.6) is 0 Å². The van der Waals surface area contributed by atoms with Gasteiger partial charge in [-0.15, -0.1) is 0 Å². The summed E-state index contributed by atoms with van der Waals surface area (Å²) < 4.78 is 12.9. The van der Waals surface area contributed by atoms with Gasteiger partial charge in [-0.25, -0.2) is 4.39 Å². The number of hydrogen-bond acceptors (Lipinski definition) is 0. The van der Waals surface area contributed by atoms with Crippen molar-refractivity contribution in [2.45, 2.75) is 17.2 Å². The molecule has 86 valence electrons. The Hall–Kier alpha value is -1.15. The lowest BCUT2D eigenvalue weighted by Crippen LogP contribution is -2.20. The van der Waals surface area contributed by atoms with Gasteiger partial charge in [0, 0.05) is 10.7 Å². The number of benzene rings is 2. The Morgan fingerprint density at radius 1 is 1.06 bits per heavy atom. The zero-order valence-corrected chi connectivity index (χ0v) is 10.8.